The van der Waals surface area contributed by atoms with E-state index in [1.165, 1.54) is 0 Å². The molecule has 0 radical (unpaired) electrons. The Labute approximate surface area is 91.5 Å². The molecular weight excluding hydrogens is 248 g/mol. The Morgan fingerprint density at radius 2 is 2.21 bits per heavy atom. The van der Waals surface area contributed by atoms with Gasteiger partial charge in [-0.05, 0) is 25.1 Å². The third-order valence-corrected chi connectivity index (χ3v) is 2.26. The lowest BCUT2D eigenvalue weighted by Crippen LogP contribution is -2.05. The Morgan fingerprint density at radius 3 is 2.79 bits per heavy atom. The van der Waals surface area contributed by atoms with Gasteiger partial charge in [0.25, 0.3) is 0 Å². The highest BCUT2D eigenvalue weighted by Crippen LogP contribution is 2.28. The molecule has 1 aromatic carbocycles. The average molecular weight is 261 g/mol. The van der Waals surface area contributed by atoms with Crippen LogP contribution in [0.1, 0.15) is 18.6 Å². The molecule has 0 saturated heterocycles. The van der Waals surface area contributed by atoms with Crippen LogP contribution < -0.4 is 4.74 Å². The van der Waals surface area contributed by atoms with Crippen molar-refractivity contribution in [2.45, 2.75) is 13.0 Å². The van der Waals surface area contributed by atoms with Crippen molar-refractivity contribution in [2.75, 3.05) is 13.2 Å². The predicted molar refractivity (Wildman–Crippen MR) is 57.4 cm³/mol. The highest BCUT2D eigenvalue weighted by atomic mass is 79.9. The summed E-state index contributed by atoms with van der Waals surface area (Å²) in [5, 5.41) is 18.1. The van der Waals surface area contributed by atoms with Crippen molar-refractivity contribution >= 4 is 15.9 Å². The molecule has 0 bridgehead atoms. The first kappa shape index (κ1) is 11.5. The molecule has 0 heterocycles. The monoisotopic (exact) mass is 260 g/mol. The van der Waals surface area contributed by atoms with E-state index in [9.17, 15) is 5.11 Å². The highest BCUT2D eigenvalue weighted by molar-refractivity contribution is 9.10. The standard InChI is InChI=1S/C10H13BrO3/c1-7(13)9-6-8(11)2-3-10(9)14-5-4-12/h2-3,6-7,12-13H,4-5H2,1H3. The van der Waals surface area contributed by atoms with Crippen molar-refractivity contribution in [2.24, 2.45) is 0 Å². The number of aliphatic hydroxyl groups excluding tert-OH is 2. The summed E-state index contributed by atoms with van der Waals surface area (Å²) in [6, 6.07) is 5.40. The van der Waals surface area contributed by atoms with Gasteiger partial charge in [-0.25, -0.2) is 0 Å². The normalized spacial score (nSPS) is 12.6. The summed E-state index contributed by atoms with van der Waals surface area (Å²) in [6.07, 6.45) is -0.582. The Kier molecular flexibility index (Phi) is 4.38. The third-order valence-electron chi connectivity index (χ3n) is 1.77. The Morgan fingerprint density at radius 1 is 1.50 bits per heavy atom. The van der Waals surface area contributed by atoms with Crippen LogP contribution in [0, 0.1) is 0 Å². The first-order valence-electron chi connectivity index (χ1n) is 4.36. The minimum atomic E-state index is -0.582. The Hall–Kier alpha value is -0.580. The van der Waals surface area contributed by atoms with Crippen LogP contribution in [0.4, 0.5) is 0 Å². The maximum absolute atomic E-state index is 9.46. The number of rotatable bonds is 4. The van der Waals surface area contributed by atoms with Crippen LogP contribution >= 0.6 is 15.9 Å². The molecule has 0 aliphatic heterocycles. The van der Waals surface area contributed by atoms with Crippen LogP contribution in [0.5, 0.6) is 5.75 Å². The molecule has 0 aliphatic carbocycles. The van der Waals surface area contributed by atoms with E-state index in [1.54, 1.807) is 19.1 Å². The van der Waals surface area contributed by atoms with Crippen molar-refractivity contribution in [3.63, 3.8) is 0 Å². The van der Waals surface area contributed by atoms with Crippen LogP contribution in [0.3, 0.4) is 0 Å². The zero-order valence-electron chi connectivity index (χ0n) is 7.90. The van der Waals surface area contributed by atoms with E-state index in [0.717, 1.165) is 4.47 Å². The maximum atomic E-state index is 9.46. The van der Waals surface area contributed by atoms with Gasteiger partial charge in [0.05, 0.1) is 12.7 Å². The van der Waals surface area contributed by atoms with Gasteiger partial charge < -0.3 is 14.9 Å². The highest BCUT2D eigenvalue weighted by Gasteiger charge is 2.09. The number of halogens is 1. The van der Waals surface area contributed by atoms with Crippen molar-refractivity contribution in [1.82, 2.24) is 0 Å². The van der Waals surface area contributed by atoms with Crippen LogP contribution in [0.25, 0.3) is 0 Å². The molecule has 0 fully saturated rings. The summed E-state index contributed by atoms with van der Waals surface area (Å²) < 4.78 is 6.17. The van der Waals surface area contributed by atoms with Gasteiger partial charge in [0, 0.05) is 10.0 Å². The summed E-state index contributed by atoms with van der Waals surface area (Å²) >= 11 is 3.32. The number of aliphatic hydroxyl groups is 2. The van der Waals surface area contributed by atoms with E-state index in [-0.39, 0.29) is 13.2 Å². The predicted octanol–water partition coefficient (Wildman–Crippen LogP) is 1.87. The zero-order valence-corrected chi connectivity index (χ0v) is 9.49. The van der Waals surface area contributed by atoms with E-state index >= 15 is 0 Å². The van der Waals surface area contributed by atoms with Crippen LogP contribution in [-0.4, -0.2) is 23.4 Å². The topological polar surface area (TPSA) is 49.7 Å². The second-order valence-electron chi connectivity index (χ2n) is 2.93. The molecule has 4 heteroatoms. The Bertz CT molecular complexity index is 299. The SMILES string of the molecule is CC(O)c1cc(Br)ccc1OCCO. The average Bonchev–Trinajstić information content (AvgIpc) is 2.15. The van der Waals surface area contributed by atoms with Gasteiger partial charge in [0.15, 0.2) is 0 Å². The fraction of sp³-hybridized carbons (Fsp3) is 0.400. The lowest BCUT2D eigenvalue weighted by atomic mass is 10.1. The van der Waals surface area contributed by atoms with E-state index in [4.69, 9.17) is 9.84 Å². The molecule has 14 heavy (non-hydrogen) atoms. The van der Waals surface area contributed by atoms with Gasteiger partial charge in [0.2, 0.25) is 0 Å². The molecule has 2 N–H and O–H groups in total. The van der Waals surface area contributed by atoms with Gasteiger partial charge in [-0.3, -0.25) is 0 Å². The van der Waals surface area contributed by atoms with Gasteiger partial charge in [0.1, 0.15) is 12.4 Å². The fourth-order valence-electron chi connectivity index (χ4n) is 1.13. The lowest BCUT2D eigenvalue weighted by molar-refractivity contribution is 0.177. The van der Waals surface area contributed by atoms with Gasteiger partial charge in [-0.1, -0.05) is 15.9 Å². The molecule has 0 spiro atoms. The summed E-state index contributed by atoms with van der Waals surface area (Å²) in [5.41, 5.74) is 0.716. The zero-order chi connectivity index (χ0) is 10.6. The van der Waals surface area contributed by atoms with Crippen molar-refractivity contribution in [3.05, 3.63) is 28.2 Å². The minimum absolute atomic E-state index is 0.0324. The Balaban J connectivity index is 2.90. The number of ether oxygens (including phenoxy) is 1. The second-order valence-corrected chi connectivity index (χ2v) is 3.85. The first-order valence-corrected chi connectivity index (χ1v) is 5.15. The molecule has 78 valence electrons. The van der Waals surface area contributed by atoms with Gasteiger partial charge >= 0.3 is 0 Å². The van der Waals surface area contributed by atoms with Crippen LogP contribution in [-0.2, 0) is 0 Å². The number of hydrogen-bond acceptors (Lipinski definition) is 3. The van der Waals surface area contributed by atoms with Gasteiger partial charge in [-0.15, -0.1) is 0 Å². The third kappa shape index (κ3) is 2.97. The molecular formula is C10H13BrO3. The van der Waals surface area contributed by atoms with E-state index in [2.05, 4.69) is 15.9 Å². The molecule has 0 saturated carbocycles. The smallest absolute Gasteiger partial charge is 0.125 e. The minimum Gasteiger partial charge on any atom is -0.491 e. The second kappa shape index (κ2) is 5.34. The van der Waals surface area contributed by atoms with Gasteiger partial charge in [-0.2, -0.15) is 0 Å². The number of hydrogen-bond donors (Lipinski definition) is 2. The quantitative estimate of drug-likeness (QED) is 0.869. The van der Waals surface area contributed by atoms with Crippen molar-refractivity contribution in [1.29, 1.82) is 0 Å². The first-order chi connectivity index (χ1) is 6.65. The molecule has 1 atom stereocenters. The van der Waals surface area contributed by atoms with E-state index in [0.29, 0.717) is 11.3 Å². The molecule has 3 nitrogen and oxygen atoms in total. The summed E-state index contributed by atoms with van der Waals surface area (Å²) in [5.74, 6) is 0.609. The molecule has 1 rings (SSSR count). The fourth-order valence-corrected chi connectivity index (χ4v) is 1.51. The van der Waals surface area contributed by atoms with Crippen molar-refractivity contribution in [3.8, 4) is 5.75 Å². The summed E-state index contributed by atoms with van der Waals surface area (Å²) in [4.78, 5) is 0. The largest absolute Gasteiger partial charge is 0.491 e. The summed E-state index contributed by atoms with van der Waals surface area (Å²) in [6.45, 7) is 1.88. The van der Waals surface area contributed by atoms with E-state index in [1.807, 2.05) is 6.07 Å². The lowest BCUT2D eigenvalue weighted by Gasteiger charge is -2.12. The maximum Gasteiger partial charge on any atom is 0.125 e. The molecule has 0 aromatic heterocycles. The molecule has 0 aliphatic rings. The summed E-state index contributed by atoms with van der Waals surface area (Å²) in [7, 11) is 0. The van der Waals surface area contributed by atoms with Crippen molar-refractivity contribution < 1.29 is 14.9 Å². The molecule has 1 unspecified atom stereocenters. The van der Waals surface area contributed by atoms with Crippen LogP contribution in [0.15, 0.2) is 22.7 Å². The van der Waals surface area contributed by atoms with E-state index < -0.39 is 6.10 Å². The molecule has 1 aromatic rings. The van der Waals surface area contributed by atoms with Crippen LogP contribution in [0.2, 0.25) is 0 Å². The molecule has 0 amide bonds. The number of benzene rings is 1.